The lowest BCUT2D eigenvalue weighted by Gasteiger charge is -2.13. The lowest BCUT2D eigenvalue weighted by molar-refractivity contribution is 0.733. The molecule has 8 nitrogen and oxygen atoms in total. The fraction of sp³-hybridized carbons (Fsp3) is 0.545. The maximum absolute atomic E-state index is 4.37. The predicted molar refractivity (Wildman–Crippen MR) is 70.2 cm³/mol. The van der Waals surface area contributed by atoms with Crippen LogP contribution in [0.15, 0.2) is 12.7 Å². The number of hydrogen-bond donors (Lipinski definition) is 2. The number of rotatable bonds is 4. The van der Waals surface area contributed by atoms with E-state index in [0.29, 0.717) is 23.9 Å². The van der Waals surface area contributed by atoms with Crippen molar-refractivity contribution >= 4 is 11.9 Å². The molecule has 2 heterocycles. The van der Waals surface area contributed by atoms with Crippen LogP contribution in [0.1, 0.15) is 25.7 Å². The molecule has 100 valence electrons. The van der Waals surface area contributed by atoms with E-state index >= 15 is 0 Å². The highest BCUT2D eigenvalue weighted by molar-refractivity contribution is 5.37. The average Bonchev–Trinajstić information content (AvgIpc) is 3.11. The molecule has 0 saturated heterocycles. The Labute approximate surface area is 110 Å². The standard InChI is InChI=1S/C11H16N8/c1-12-9-16-10(15-8-4-2-3-5-8)18-11(17-9)19-7-13-6-14-19/h6-8H,2-5H2,1H3,(H2,12,15,16,17,18). The van der Waals surface area contributed by atoms with Gasteiger partial charge in [0.25, 0.3) is 5.95 Å². The minimum atomic E-state index is 0.454. The number of anilines is 2. The van der Waals surface area contributed by atoms with Crippen LogP contribution in [0.2, 0.25) is 0 Å². The molecule has 19 heavy (non-hydrogen) atoms. The average molecular weight is 260 g/mol. The molecule has 0 aromatic carbocycles. The second-order valence-electron chi connectivity index (χ2n) is 4.50. The highest BCUT2D eigenvalue weighted by Crippen LogP contribution is 2.21. The van der Waals surface area contributed by atoms with E-state index in [-0.39, 0.29) is 0 Å². The molecule has 1 saturated carbocycles. The molecular formula is C11H16N8. The van der Waals surface area contributed by atoms with Crippen molar-refractivity contribution < 1.29 is 0 Å². The number of hydrogen-bond acceptors (Lipinski definition) is 7. The Hall–Kier alpha value is -2.25. The number of nitrogens with one attached hydrogen (secondary N) is 2. The zero-order chi connectivity index (χ0) is 13.1. The van der Waals surface area contributed by atoms with E-state index in [9.17, 15) is 0 Å². The molecule has 0 unspecified atom stereocenters. The lowest BCUT2D eigenvalue weighted by Crippen LogP contribution is -2.18. The lowest BCUT2D eigenvalue weighted by atomic mass is 10.3. The van der Waals surface area contributed by atoms with Crippen LogP contribution in [0.25, 0.3) is 5.95 Å². The van der Waals surface area contributed by atoms with Crippen LogP contribution >= 0.6 is 0 Å². The van der Waals surface area contributed by atoms with Crippen molar-refractivity contribution in [3.63, 3.8) is 0 Å². The summed E-state index contributed by atoms with van der Waals surface area (Å²) in [5, 5.41) is 10.3. The largest absolute Gasteiger partial charge is 0.357 e. The fourth-order valence-corrected chi connectivity index (χ4v) is 2.21. The molecule has 0 atom stereocenters. The van der Waals surface area contributed by atoms with Gasteiger partial charge < -0.3 is 10.6 Å². The van der Waals surface area contributed by atoms with E-state index in [0.717, 1.165) is 0 Å². The van der Waals surface area contributed by atoms with Gasteiger partial charge in [0, 0.05) is 13.1 Å². The Balaban J connectivity index is 1.88. The summed E-state index contributed by atoms with van der Waals surface area (Å²) >= 11 is 0. The van der Waals surface area contributed by atoms with E-state index in [2.05, 4.69) is 35.7 Å². The van der Waals surface area contributed by atoms with Gasteiger partial charge in [-0.15, -0.1) is 0 Å². The van der Waals surface area contributed by atoms with Gasteiger partial charge in [-0.1, -0.05) is 12.8 Å². The molecule has 0 spiro atoms. The van der Waals surface area contributed by atoms with Crippen LogP contribution in [-0.4, -0.2) is 42.8 Å². The molecule has 2 aromatic heterocycles. The van der Waals surface area contributed by atoms with Crippen LogP contribution in [-0.2, 0) is 0 Å². The third-order valence-electron chi connectivity index (χ3n) is 3.16. The smallest absolute Gasteiger partial charge is 0.258 e. The first kappa shape index (κ1) is 11.8. The molecule has 1 fully saturated rings. The quantitative estimate of drug-likeness (QED) is 0.841. The first-order valence-electron chi connectivity index (χ1n) is 6.40. The summed E-state index contributed by atoms with van der Waals surface area (Å²) in [6.07, 6.45) is 7.87. The van der Waals surface area contributed by atoms with Gasteiger partial charge in [-0.3, -0.25) is 0 Å². The molecule has 0 bridgehead atoms. The van der Waals surface area contributed by atoms with Crippen molar-refractivity contribution in [3.8, 4) is 5.95 Å². The van der Waals surface area contributed by atoms with Gasteiger partial charge in [0.05, 0.1) is 0 Å². The molecule has 0 amide bonds. The number of aromatic nitrogens is 6. The monoisotopic (exact) mass is 260 g/mol. The highest BCUT2D eigenvalue weighted by Gasteiger charge is 2.17. The van der Waals surface area contributed by atoms with Crippen LogP contribution in [0.4, 0.5) is 11.9 Å². The molecule has 3 rings (SSSR count). The summed E-state index contributed by atoms with van der Waals surface area (Å²) in [5.74, 6) is 1.55. The molecule has 0 radical (unpaired) electrons. The van der Waals surface area contributed by atoms with Gasteiger partial charge in [-0.05, 0) is 12.8 Å². The summed E-state index contributed by atoms with van der Waals surface area (Å²) < 4.78 is 1.52. The Kier molecular flexibility index (Phi) is 3.21. The zero-order valence-corrected chi connectivity index (χ0v) is 10.7. The van der Waals surface area contributed by atoms with E-state index < -0.39 is 0 Å². The van der Waals surface area contributed by atoms with Crippen molar-refractivity contribution in [2.45, 2.75) is 31.7 Å². The highest BCUT2D eigenvalue weighted by atomic mass is 15.4. The number of nitrogens with zero attached hydrogens (tertiary/aromatic N) is 6. The van der Waals surface area contributed by atoms with Crippen molar-refractivity contribution in [1.29, 1.82) is 0 Å². The first-order chi connectivity index (χ1) is 9.35. The molecule has 1 aliphatic carbocycles. The molecule has 8 heteroatoms. The molecule has 2 aromatic rings. The Morgan fingerprint density at radius 1 is 1.16 bits per heavy atom. The van der Waals surface area contributed by atoms with Gasteiger partial charge in [-0.2, -0.15) is 24.7 Å². The van der Waals surface area contributed by atoms with Crippen molar-refractivity contribution in [3.05, 3.63) is 12.7 Å². The van der Waals surface area contributed by atoms with E-state index in [1.54, 1.807) is 13.4 Å². The van der Waals surface area contributed by atoms with Crippen LogP contribution < -0.4 is 10.6 Å². The minimum absolute atomic E-state index is 0.454. The normalized spacial score (nSPS) is 15.6. The predicted octanol–water partition coefficient (Wildman–Crippen LogP) is 0.848. The van der Waals surface area contributed by atoms with Gasteiger partial charge in [0.2, 0.25) is 11.9 Å². The van der Waals surface area contributed by atoms with E-state index in [4.69, 9.17) is 0 Å². The summed E-state index contributed by atoms with van der Waals surface area (Å²) in [6, 6.07) is 0.454. The second kappa shape index (κ2) is 5.17. The summed E-state index contributed by atoms with van der Waals surface area (Å²) in [7, 11) is 1.78. The molecular weight excluding hydrogens is 244 g/mol. The Morgan fingerprint density at radius 2 is 1.95 bits per heavy atom. The van der Waals surface area contributed by atoms with E-state index in [1.165, 1.54) is 36.7 Å². The van der Waals surface area contributed by atoms with Crippen molar-refractivity contribution in [1.82, 2.24) is 29.7 Å². The summed E-state index contributed by atoms with van der Waals surface area (Å²) in [6.45, 7) is 0. The van der Waals surface area contributed by atoms with Crippen molar-refractivity contribution in [2.75, 3.05) is 17.7 Å². The Morgan fingerprint density at radius 3 is 2.63 bits per heavy atom. The van der Waals surface area contributed by atoms with Gasteiger partial charge in [0.1, 0.15) is 12.7 Å². The molecule has 2 N–H and O–H groups in total. The van der Waals surface area contributed by atoms with Gasteiger partial charge in [0.15, 0.2) is 0 Å². The maximum Gasteiger partial charge on any atom is 0.258 e. The van der Waals surface area contributed by atoms with Crippen molar-refractivity contribution in [2.24, 2.45) is 0 Å². The van der Waals surface area contributed by atoms with Crippen LogP contribution in [0.3, 0.4) is 0 Å². The molecule has 0 aliphatic heterocycles. The fourth-order valence-electron chi connectivity index (χ4n) is 2.21. The van der Waals surface area contributed by atoms with Crippen LogP contribution in [0.5, 0.6) is 0 Å². The SMILES string of the molecule is CNc1nc(NC2CCCC2)nc(-n2cncn2)n1. The first-order valence-corrected chi connectivity index (χ1v) is 6.40. The van der Waals surface area contributed by atoms with Crippen LogP contribution in [0, 0.1) is 0 Å². The summed E-state index contributed by atoms with van der Waals surface area (Å²) in [5.41, 5.74) is 0. The second-order valence-corrected chi connectivity index (χ2v) is 4.50. The van der Waals surface area contributed by atoms with E-state index in [1.807, 2.05) is 0 Å². The zero-order valence-electron chi connectivity index (χ0n) is 10.7. The maximum atomic E-state index is 4.37. The minimum Gasteiger partial charge on any atom is -0.357 e. The third kappa shape index (κ3) is 2.61. The van der Waals surface area contributed by atoms with Gasteiger partial charge in [-0.25, -0.2) is 4.98 Å². The summed E-state index contributed by atoms with van der Waals surface area (Å²) in [4.78, 5) is 16.8. The Bertz CT molecular complexity index is 532. The van der Waals surface area contributed by atoms with Gasteiger partial charge >= 0.3 is 0 Å². The third-order valence-corrected chi connectivity index (χ3v) is 3.16. The molecule has 1 aliphatic rings. The topological polar surface area (TPSA) is 93.4 Å².